The van der Waals surface area contributed by atoms with E-state index in [-0.39, 0.29) is 11.9 Å². The van der Waals surface area contributed by atoms with Crippen molar-refractivity contribution >= 4 is 5.91 Å². The van der Waals surface area contributed by atoms with E-state index in [1.165, 1.54) is 7.11 Å². The number of rotatable bonds is 6. The fraction of sp³-hybridized carbons (Fsp3) is 0.500. The van der Waals surface area contributed by atoms with Crippen molar-refractivity contribution in [3.05, 3.63) is 23.8 Å². The molecule has 1 unspecified atom stereocenters. The van der Waals surface area contributed by atoms with Crippen molar-refractivity contribution in [2.45, 2.75) is 32.7 Å². The van der Waals surface area contributed by atoms with Gasteiger partial charge in [0.2, 0.25) is 0 Å². The average molecular weight is 251 g/mol. The molecule has 1 aromatic rings. The predicted molar refractivity (Wildman–Crippen MR) is 71.4 cm³/mol. The van der Waals surface area contributed by atoms with Crippen LogP contribution in [0.1, 0.15) is 37.0 Å². The van der Waals surface area contributed by atoms with E-state index in [0.717, 1.165) is 12.8 Å². The summed E-state index contributed by atoms with van der Waals surface area (Å²) in [5.41, 5.74) is 0.500. The SMILES string of the molecule is CCCC(C)NC(=O)c1cccc(OC)c1OC. The van der Waals surface area contributed by atoms with Gasteiger partial charge in [-0.25, -0.2) is 0 Å². The Labute approximate surface area is 108 Å². The van der Waals surface area contributed by atoms with Crippen molar-refractivity contribution in [2.24, 2.45) is 0 Å². The Kier molecular flexibility index (Phi) is 5.49. The van der Waals surface area contributed by atoms with E-state index in [9.17, 15) is 4.79 Å². The molecule has 0 aliphatic rings. The molecule has 18 heavy (non-hydrogen) atoms. The van der Waals surface area contributed by atoms with Crippen LogP contribution in [-0.2, 0) is 0 Å². The van der Waals surface area contributed by atoms with Crippen LogP contribution in [-0.4, -0.2) is 26.2 Å². The zero-order valence-corrected chi connectivity index (χ0v) is 11.4. The molecule has 1 amide bonds. The van der Waals surface area contributed by atoms with Crippen molar-refractivity contribution in [3.63, 3.8) is 0 Å². The van der Waals surface area contributed by atoms with Crippen molar-refractivity contribution in [2.75, 3.05) is 14.2 Å². The Balaban J connectivity index is 2.91. The molecule has 0 spiro atoms. The molecule has 0 bridgehead atoms. The highest BCUT2D eigenvalue weighted by Gasteiger charge is 2.17. The molecule has 100 valence electrons. The third kappa shape index (κ3) is 3.39. The summed E-state index contributed by atoms with van der Waals surface area (Å²) in [5.74, 6) is 0.904. The second-order valence-electron chi connectivity index (χ2n) is 4.20. The summed E-state index contributed by atoms with van der Waals surface area (Å²) in [6.07, 6.45) is 1.99. The van der Waals surface area contributed by atoms with Crippen LogP contribution in [0.4, 0.5) is 0 Å². The highest BCUT2D eigenvalue weighted by molar-refractivity contribution is 5.97. The van der Waals surface area contributed by atoms with Crippen LogP contribution in [0.15, 0.2) is 18.2 Å². The molecule has 0 radical (unpaired) electrons. The van der Waals surface area contributed by atoms with Gasteiger partial charge >= 0.3 is 0 Å². The highest BCUT2D eigenvalue weighted by atomic mass is 16.5. The third-order valence-corrected chi connectivity index (χ3v) is 2.75. The number of hydrogen-bond donors (Lipinski definition) is 1. The molecule has 4 heteroatoms. The van der Waals surface area contributed by atoms with Crippen molar-refractivity contribution in [1.29, 1.82) is 0 Å². The number of hydrogen-bond acceptors (Lipinski definition) is 3. The third-order valence-electron chi connectivity index (χ3n) is 2.75. The van der Waals surface area contributed by atoms with Crippen molar-refractivity contribution in [1.82, 2.24) is 5.32 Å². The van der Waals surface area contributed by atoms with Crippen LogP contribution in [0.3, 0.4) is 0 Å². The molecule has 0 saturated carbocycles. The first-order valence-corrected chi connectivity index (χ1v) is 6.15. The van der Waals surface area contributed by atoms with Crippen molar-refractivity contribution < 1.29 is 14.3 Å². The van der Waals surface area contributed by atoms with Crippen LogP contribution >= 0.6 is 0 Å². The molecular formula is C14H21NO3. The van der Waals surface area contributed by atoms with Crippen LogP contribution in [0.5, 0.6) is 11.5 Å². The zero-order chi connectivity index (χ0) is 13.5. The van der Waals surface area contributed by atoms with Gasteiger partial charge in [-0.1, -0.05) is 19.4 Å². The smallest absolute Gasteiger partial charge is 0.255 e. The monoisotopic (exact) mass is 251 g/mol. The fourth-order valence-corrected chi connectivity index (χ4v) is 1.87. The topological polar surface area (TPSA) is 47.6 Å². The quantitative estimate of drug-likeness (QED) is 0.845. The van der Waals surface area contributed by atoms with Crippen LogP contribution in [0.2, 0.25) is 0 Å². The van der Waals surface area contributed by atoms with Crippen molar-refractivity contribution in [3.8, 4) is 11.5 Å². The fourth-order valence-electron chi connectivity index (χ4n) is 1.87. The molecule has 0 aromatic heterocycles. The van der Waals surface area contributed by atoms with E-state index < -0.39 is 0 Å². The maximum absolute atomic E-state index is 12.1. The number of carbonyl (C=O) groups excluding carboxylic acids is 1. The summed E-state index contributed by atoms with van der Waals surface area (Å²) in [4.78, 5) is 12.1. The molecule has 0 saturated heterocycles. The number of benzene rings is 1. The second-order valence-corrected chi connectivity index (χ2v) is 4.20. The molecular weight excluding hydrogens is 230 g/mol. The molecule has 1 atom stereocenters. The minimum Gasteiger partial charge on any atom is -0.493 e. The van der Waals surface area contributed by atoms with Gasteiger partial charge in [-0.15, -0.1) is 0 Å². The Bertz CT molecular complexity index is 404. The lowest BCUT2D eigenvalue weighted by Crippen LogP contribution is -2.32. The minimum atomic E-state index is -0.133. The predicted octanol–water partition coefficient (Wildman–Crippen LogP) is 2.62. The Morgan fingerprint density at radius 3 is 2.61 bits per heavy atom. The van der Waals surface area contributed by atoms with Gasteiger partial charge < -0.3 is 14.8 Å². The van der Waals surface area contributed by atoms with Gasteiger partial charge in [0.15, 0.2) is 11.5 Å². The summed E-state index contributed by atoms with van der Waals surface area (Å²) in [7, 11) is 3.09. The first kappa shape index (κ1) is 14.4. The Morgan fingerprint density at radius 2 is 2.06 bits per heavy atom. The van der Waals surface area contributed by atoms with E-state index >= 15 is 0 Å². The largest absolute Gasteiger partial charge is 0.493 e. The first-order chi connectivity index (χ1) is 8.63. The van der Waals surface area contributed by atoms with E-state index in [0.29, 0.717) is 17.1 Å². The number of carbonyl (C=O) groups is 1. The number of ether oxygens (including phenoxy) is 2. The lowest BCUT2D eigenvalue weighted by Gasteiger charge is -2.15. The number of methoxy groups -OCH3 is 2. The molecule has 1 N–H and O–H groups in total. The van der Waals surface area contributed by atoms with E-state index in [1.54, 1.807) is 25.3 Å². The number of amides is 1. The van der Waals surface area contributed by atoms with E-state index in [2.05, 4.69) is 12.2 Å². The summed E-state index contributed by atoms with van der Waals surface area (Å²) in [6, 6.07) is 5.43. The van der Waals surface area contributed by atoms with Gasteiger partial charge in [0.1, 0.15) is 0 Å². The van der Waals surface area contributed by atoms with Gasteiger partial charge in [-0.3, -0.25) is 4.79 Å². The molecule has 0 aliphatic carbocycles. The molecule has 0 fully saturated rings. The second kappa shape index (κ2) is 6.89. The molecule has 1 rings (SSSR count). The minimum absolute atomic E-state index is 0.133. The molecule has 4 nitrogen and oxygen atoms in total. The zero-order valence-electron chi connectivity index (χ0n) is 11.4. The van der Waals surface area contributed by atoms with Gasteiger partial charge in [-0.2, -0.15) is 0 Å². The maximum atomic E-state index is 12.1. The van der Waals surface area contributed by atoms with Gasteiger partial charge in [0.05, 0.1) is 19.8 Å². The molecule has 0 heterocycles. The standard InChI is InChI=1S/C14H21NO3/c1-5-7-10(2)15-14(16)11-8-6-9-12(17-3)13(11)18-4/h6,8-10H,5,7H2,1-4H3,(H,15,16). The van der Waals surface area contributed by atoms with Crippen LogP contribution in [0.25, 0.3) is 0 Å². The molecule has 0 aliphatic heterocycles. The van der Waals surface area contributed by atoms with Gasteiger partial charge in [-0.05, 0) is 25.5 Å². The van der Waals surface area contributed by atoms with Gasteiger partial charge in [0, 0.05) is 6.04 Å². The van der Waals surface area contributed by atoms with E-state index in [1.807, 2.05) is 6.92 Å². The highest BCUT2D eigenvalue weighted by Crippen LogP contribution is 2.30. The first-order valence-electron chi connectivity index (χ1n) is 6.15. The van der Waals surface area contributed by atoms with Crippen LogP contribution < -0.4 is 14.8 Å². The Morgan fingerprint density at radius 1 is 1.33 bits per heavy atom. The summed E-state index contributed by atoms with van der Waals surface area (Å²) < 4.78 is 10.4. The number of nitrogens with one attached hydrogen (secondary N) is 1. The summed E-state index contributed by atoms with van der Waals surface area (Å²) in [6.45, 7) is 4.09. The van der Waals surface area contributed by atoms with E-state index in [4.69, 9.17) is 9.47 Å². The lowest BCUT2D eigenvalue weighted by molar-refractivity contribution is 0.0934. The lowest BCUT2D eigenvalue weighted by atomic mass is 10.1. The summed E-state index contributed by atoms with van der Waals surface area (Å²) in [5, 5.41) is 2.95. The van der Waals surface area contributed by atoms with Crippen LogP contribution in [0, 0.1) is 0 Å². The number of para-hydroxylation sites is 1. The summed E-state index contributed by atoms with van der Waals surface area (Å²) >= 11 is 0. The Hall–Kier alpha value is -1.71. The average Bonchev–Trinajstić information content (AvgIpc) is 2.37. The maximum Gasteiger partial charge on any atom is 0.255 e. The van der Waals surface area contributed by atoms with Gasteiger partial charge in [0.25, 0.3) is 5.91 Å². The normalized spacial score (nSPS) is 11.8. The molecule has 1 aromatic carbocycles.